The highest BCUT2D eigenvalue weighted by Gasteiger charge is 2.67. The summed E-state index contributed by atoms with van der Waals surface area (Å²) in [6.07, 6.45) is 2.76. The predicted octanol–water partition coefficient (Wildman–Crippen LogP) is 1.97. The number of carbonyl (C=O) groups excluding carboxylic acids is 2. The van der Waals surface area contributed by atoms with Crippen LogP contribution in [0.15, 0.2) is 24.3 Å². The highest BCUT2D eigenvalue weighted by molar-refractivity contribution is 6.21. The second kappa shape index (κ2) is 5.75. The fourth-order valence-corrected chi connectivity index (χ4v) is 2.94. The quantitative estimate of drug-likeness (QED) is 0.357. The Morgan fingerprint density at radius 3 is 2.17 bits per heavy atom. The summed E-state index contributed by atoms with van der Waals surface area (Å²) in [5, 5.41) is 9.38. The molecule has 7 heteroatoms. The molecule has 0 aliphatic carbocycles. The van der Waals surface area contributed by atoms with E-state index in [1.54, 1.807) is 24.3 Å². The highest BCUT2D eigenvalue weighted by atomic mass is 17.4. The van der Waals surface area contributed by atoms with Gasteiger partial charge in [0.2, 0.25) is 0 Å². The molecular weight excluding hydrogens is 302 g/mol. The second-order valence-electron chi connectivity index (χ2n) is 5.68. The maximum absolute atomic E-state index is 12.6. The summed E-state index contributed by atoms with van der Waals surface area (Å²) >= 11 is 0. The van der Waals surface area contributed by atoms with Crippen LogP contribution in [0.25, 0.3) is 0 Å². The molecule has 2 aliphatic heterocycles. The van der Waals surface area contributed by atoms with Gasteiger partial charge in [-0.2, -0.15) is 9.78 Å². The summed E-state index contributed by atoms with van der Waals surface area (Å²) in [7, 11) is 0. The molecule has 1 saturated heterocycles. The van der Waals surface area contributed by atoms with Crippen molar-refractivity contribution in [1.82, 2.24) is 4.90 Å². The standard InChI is InChI=1S/C16H17NO6/c1-2-3-4-9-12(16(15(20)21)22-23-16)17-13(18)10-7-5-6-8-11(10)14(17)19/h5-8,12H,2-4,9H2,1H3,(H,20,21). The summed E-state index contributed by atoms with van der Waals surface area (Å²) in [5.74, 6) is -4.30. The van der Waals surface area contributed by atoms with Gasteiger partial charge in [0.05, 0.1) is 11.1 Å². The molecule has 0 bridgehead atoms. The Bertz CT molecular complexity index is 631. The minimum atomic E-state index is -1.94. The smallest absolute Gasteiger partial charge is 0.372 e. The summed E-state index contributed by atoms with van der Waals surface area (Å²) in [4.78, 5) is 47.1. The third kappa shape index (κ3) is 2.42. The molecule has 0 radical (unpaired) electrons. The SMILES string of the molecule is CCCCCC(N1C(=O)c2ccccc2C1=O)C1(C(=O)O)OO1. The van der Waals surface area contributed by atoms with Gasteiger partial charge in [-0.3, -0.25) is 14.5 Å². The van der Waals surface area contributed by atoms with Crippen LogP contribution in [0.2, 0.25) is 0 Å². The number of hydrogen-bond acceptors (Lipinski definition) is 5. The molecule has 0 saturated carbocycles. The largest absolute Gasteiger partial charge is 0.477 e. The lowest BCUT2D eigenvalue weighted by molar-refractivity contribution is -0.146. The number of carbonyl (C=O) groups is 3. The topological polar surface area (TPSA) is 99.7 Å². The molecule has 1 atom stereocenters. The van der Waals surface area contributed by atoms with E-state index in [0.29, 0.717) is 12.8 Å². The van der Waals surface area contributed by atoms with E-state index in [0.717, 1.165) is 17.7 Å². The van der Waals surface area contributed by atoms with Gasteiger partial charge in [-0.25, -0.2) is 4.79 Å². The van der Waals surface area contributed by atoms with E-state index >= 15 is 0 Å². The molecular formula is C16H17NO6. The lowest BCUT2D eigenvalue weighted by atomic mass is 9.99. The summed E-state index contributed by atoms with van der Waals surface area (Å²) in [5.41, 5.74) is 0.554. The summed E-state index contributed by atoms with van der Waals surface area (Å²) in [6.45, 7) is 2.01. The molecule has 3 rings (SSSR count). The molecule has 2 heterocycles. The third-order valence-electron chi connectivity index (χ3n) is 4.22. The van der Waals surface area contributed by atoms with Crippen LogP contribution in [0, 0.1) is 0 Å². The van der Waals surface area contributed by atoms with Gasteiger partial charge >= 0.3 is 11.8 Å². The minimum Gasteiger partial charge on any atom is -0.477 e. The molecule has 0 spiro atoms. The predicted molar refractivity (Wildman–Crippen MR) is 77.4 cm³/mol. The average molecular weight is 319 g/mol. The second-order valence-corrected chi connectivity index (χ2v) is 5.68. The van der Waals surface area contributed by atoms with Gasteiger partial charge in [0, 0.05) is 0 Å². The number of carboxylic acids is 1. The first-order chi connectivity index (χ1) is 11.0. The van der Waals surface area contributed by atoms with E-state index in [-0.39, 0.29) is 11.1 Å². The number of amides is 2. The van der Waals surface area contributed by atoms with Crippen molar-refractivity contribution in [3.05, 3.63) is 35.4 Å². The van der Waals surface area contributed by atoms with Crippen LogP contribution in [0.1, 0.15) is 53.3 Å². The van der Waals surface area contributed by atoms with Crippen molar-refractivity contribution < 1.29 is 29.3 Å². The van der Waals surface area contributed by atoms with Crippen LogP contribution in [0.4, 0.5) is 0 Å². The number of carboxylic acid groups (broad SMARTS) is 1. The van der Waals surface area contributed by atoms with Gasteiger partial charge in [-0.1, -0.05) is 38.3 Å². The van der Waals surface area contributed by atoms with Crippen molar-refractivity contribution in [2.75, 3.05) is 0 Å². The zero-order valence-corrected chi connectivity index (χ0v) is 12.7. The summed E-state index contributed by atoms with van der Waals surface area (Å²) in [6, 6.07) is 5.45. The Morgan fingerprint density at radius 1 is 1.17 bits per heavy atom. The van der Waals surface area contributed by atoms with Crippen LogP contribution >= 0.6 is 0 Å². The van der Waals surface area contributed by atoms with Crippen LogP contribution in [0.5, 0.6) is 0 Å². The molecule has 7 nitrogen and oxygen atoms in total. The Morgan fingerprint density at radius 2 is 1.74 bits per heavy atom. The monoisotopic (exact) mass is 319 g/mol. The molecule has 1 aromatic rings. The molecule has 1 N–H and O–H groups in total. The maximum Gasteiger partial charge on any atom is 0.372 e. The average Bonchev–Trinajstić information content (AvgIpc) is 3.31. The molecule has 0 aromatic heterocycles. The molecule has 1 unspecified atom stereocenters. The van der Waals surface area contributed by atoms with E-state index in [9.17, 15) is 19.5 Å². The van der Waals surface area contributed by atoms with E-state index < -0.39 is 29.6 Å². The lowest BCUT2D eigenvalue weighted by Crippen LogP contribution is -2.52. The van der Waals surface area contributed by atoms with E-state index in [1.165, 1.54) is 0 Å². The van der Waals surface area contributed by atoms with E-state index in [4.69, 9.17) is 9.78 Å². The van der Waals surface area contributed by atoms with Gasteiger partial charge in [0.15, 0.2) is 0 Å². The number of rotatable bonds is 7. The number of benzene rings is 1. The first-order valence-electron chi connectivity index (χ1n) is 7.60. The van der Waals surface area contributed by atoms with Crippen molar-refractivity contribution >= 4 is 17.8 Å². The molecule has 122 valence electrons. The first kappa shape index (κ1) is 15.6. The Balaban J connectivity index is 1.93. The third-order valence-corrected chi connectivity index (χ3v) is 4.22. The highest BCUT2D eigenvalue weighted by Crippen LogP contribution is 2.41. The van der Waals surface area contributed by atoms with Crippen LogP contribution in [-0.4, -0.2) is 39.6 Å². The van der Waals surface area contributed by atoms with E-state index in [2.05, 4.69) is 0 Å². The Hall–Kier alpha value is -2.25. The number of fused-ring (bicyclic) bond motifs is 1. The number of nitrogens with zero attached hydrogens (tertiary/aromatic N) is 1. The molecule has 2 aliphatic rings. The zero-order valence-electron chi connectivity index (χ0n) is 12.7. The fraction of sp³-hybridized carbons (Fsp3) is 0.438. The minimum absolute atomic E-state index is 0.277. The van der Waals surface area contributed by atoms with Crippen LogP contribution in [0.3, 0.4) is 0 Å². The fourth-order valence-electron chi connectivity index (χ4n) is 2.94. The first-order valence-corrected chi connectivity index (χ1v) is 7.60. The van der Waals surface area contributed by atoms with Gasteiger partial charge in [-0.15, -0.1) is 0 Å². The molecule has 2 amide bonds. The van der Waals surface area contributed by atoms with Crippen molar-refractivity contribution in [3.8, 4) is 0 Å². The van der Waals surface area contributed by atoms with Gasteiger partial charge in [-0.05, 0) is 18.6 Å². The molecule has 1 fully saturated rings. The zero-order chi connectivity index (χ0) is 16.6. The lowest BCUT2D eigenvalue weighted by Gasteiger charge is -2.26. The van der Waals surface area contributed by atoms with E-state index in [1.807, 2.05) is 6.92 Å². The van der Waals surface area contributed by atoms with Crippen LogP contribution in [-0.2, 0) is 14.6 Å². The van der Waals surface area contributed by atoms with Crippen molar-refractivity contribution in [2.24, 2.45) is 0 Å². The van der Waals surface area contributed by atoms with Crippen LogP contribution < -0.4 is 0 Å². The van der Waals surface area contributed by atoms with Crippen molar-refractivity contribution in [1.29, 1.82) is 0 Å². The number of unbranched alkanes of at least 4 members (excludes halogenated alkanes) is 2. The maximum atomic E-state index is 12.6. The molecule has 1 aromatic carbocycles. The van der Waals surface area contributed by atoms with Gasteiger partial charge in [0.1, 0.15) is 6.04 Å². The summed E-state index contributed by atoms with van der Waals surface area (Å²) < 4.78 is 0. The van der Waals surface area contributed by atoms with Gasteiger partial charge < -0.3 is 5.11 Å². The molecule has 23 heavy (non-hydrogen) atoms. The Kier molecular flexibility index (Phi) is 3.91. The normalized spacial score (nSPS) is 19.6. The van der Waals surface area contributed by atoms with Crippen molar-refractivity contribution in [3.63, 3.8) is 0 Å². The van der Waals surface area contributed by atoms with Crippen molar-refractivity contribution in [2.45, 2.75) is 44.4 Å². The van der Waals surface area contributed by atoms with Gasteiger partial charge in [0.25, 0.3) is 11.8 Å². The number of aliphatic carboxylic acids is 1. The number of hydrogen-bond donors (Lipinski definition) is 1. The Labute approximate surface area is 132 Å². The number of imide groups is 1.